The topological polar surface area (TPSA) is 89.0 Å². The summed E-state index contributed by atoms with van der Waals surface area (Å²) in [6, 6.07) is 13.7. The average molecular weight is 539 g/mol. The lowest BCUT2D eigenvalue weighted by Gasteiger charge is -2.13. The molecule has 35 heavy (non-hydrogen) atoms. The van der Waals surface area contributed by atoms with E-state index in [0.717, 1.165) is 11.6 Å². The maximum absolute atomic E-state index is 13.2. The molecule has 0 aliphatic carbocycles. The maximum atomic E-state index is 13.2. The molecule has 0 aliphatic rings. The quantitative estimate of drug-likeness (QED) is 0.214. The van der Waals surface area contributed by atoms with Crippen molar-refractivity contribution < 1.29 is 23.5 Å². The molecule has 0 atom stereocenters. The minimum Gasteiger partial charge on any atom is -0.490 e. The molecule has 3 aromatic carbocycles. The van der Waals surface area contributed by atoms with Gasteiger partial charge in [0.15, 0.2) is 11.5 Å². The van der Waals surface area contributed by atoms with Crippen LogP contribution in [0.5, 0.6) is 11.5 Å². The molecule has 0 aromatic heterocycles. The van der Waals surface area contributed by atoms with Crippen molar-refractivity contribution in [2.45, 2.75) is 13.5 Å². The highest BCUT2D eigenvalue weighted by molar-refractivity contribution is 6.40. The first kappa shape index (κ1) is 26.3. The molecule has 0 aliphatic heterocycles. The molecule has 3 rings (SSSR count). The van der Waals surface area contributed by atoms with Crippen LogP contribution in [0.3, 0.4) is 0 Å². The van der Waals surface area contributed by atoms with Crippen molar-refractivity contribution in [3.8, 4) is 11.5 Å². The third-order valence-electron chi connectivity index (χ3n) is 4.43. The van der Waals surface area contributed by atoms with E-state index in [-0.39, 0.29) is 17.3 Å². The van der Waals surface area contributed by atoms with E-state index in [1.165, 1.54) is 18.3 Å². The zero-order valence-corrected chi connectivity index (χ0v) is 20.5. The lowest BCUT2D eigenvalue weighted by molar-refractivity contribution is -0.136. The van der Waals surface area contributed by atoms with Crippen molar-refractivity contribution in [1.29, 1.82) is 0 Å². The Morgan fingerprint density at radius 2 is 1.74 bits per heavy atom. The number of carbonyl (C=O) groups excluding carboxylic acids is 2. The Morgan fingerprint density at radius 1 is 0.943 bits per heavy atom. The van der Waals surface area contributed by atoms with Gasteiger partial charge in [-0.15, -0.1) is 0 Å². The van der Waals surface area contributed by atoms with Gasteiger partial charge in [-0.05, 0) is 61.0 Å². The molecule has 0 bridgehead atoms. The zero-order chi connectivity index (χ0) is 25.4. The minimum absolute atomic E-state index is 0.164. The largest absolute Gasteiger partial charge is 0.490 e. The first-order valence-corrected chi connectivity index (χ1v) is 11.3. The Hall–Kier alpha value is -3.33. The SMILES string of the molecule is CCOc1cc(C=NNC(=O)C(=O)Nc2ccc(F)c(Cl)c2)ccc1OCc1ccc(Cl)cc1Cl. The Morgan fingerprint density at radius 3 is 2.46 bits per heavy atom. The van der Waals surface area contributed by atoms with Crippen LogP contribution in [0.15, 0.2) is 59.7 Å². The van der Waals surface area contributed by atoms with Gasteiger partial charge in [0.25, 0.3) is 0 Å². The third kappa shape index (κ3) is 7.58. The predicted molar refractivity (Wildman–Crippen MR) is 134 cm³/mol. The van der Waals surface area contributed by atoms with E-state index >= 15 is 0 Å². The number of rotatable bonds is 8. The second-order valence-electron chi connectivity index (χ2n) is 6.95. The van der Waals surface area contributed by atoms with Crippen LogP contribution in [0.25, 0.3) is 0 Å². The summed E-state index contributed by atoms with van der Waals surface area (Å²) in [5.74, 6) is -1.72. The zero-order valence-electron chi connectivity index (χ0n) is 18.3. The van der Waals surface area contributed by atoms with E-state index in [0.29, 0.717) is 33.7 Å². The van der Waals surface area contributed by atoms with Crippen LogP contribution in [-0.2, 0) is 16.2 Å². The number of hydrazone groups is 1. The van der Waals surface area contributed by atoms with Crippen molar-refractivity contribution in [3.63, 3.8) is 0 Å². The van der Waals surface area contributed by atoms with Gasteiger partial charge in [-0.2, -0.15) is 5.10 Å². The summed E-state index contributed by atoms with van der Waals surface area (Å²) in [5.41, 5.74) is 3.62. The second-order valence-corrected chi connectivity index (χ2v) is 8.20. The molecular formula is C24H19Cl3FN3O4. The number of nitrogens with one attached hydrogen (secondary N) is 2. The first-order valence-electron chi connectivity index (χ1n) is 10.2. The molecule has 11 heteroatoms. The van der Waals surface area contributed by atoms with Crippen LogP contribution in [0.4, 0.5) is 10.1 Å². The fourth-order valence-electron chi connectivity index (χ4n) is 2.76. The van der Waals surface area contributed by atoms with Crippen molar-refractivity contribution in [2.24, 2.45) is 5.10 Å². The third-order valence-corrected chi connectivity index (χ3v) is 5.31. The summed E-state index contributed by atoms with van der Waals surface area (Å²) in [5, 5.41) is 6.91. The Labute approximate surface area is 215 Å². The monoisotopic (exact) mass is 537 g/mol. The molecular weight excluding hydrogens is 520 g/mol. The lowest BCUT2D eigenvalue weighted by Crippen LogP contribution is -2.32. The first-order chi connectivity index (χ1) is 16.8. The van der Waals surface area contributed by atoms with E-state index < -0.39 is 17.6 Å². The molecule has 0 spiro atoms. The van der Waals surface area contributed by atoms with Gasteiger partial charge in [0.05, 0.1) is 17.8 Å². The summed E-state index contributed by atoms with van der Waals surface area (Å²) in [6.45, 7) is 2.42. The highest BCUT2D eigenvalue weighted by Gasteiger charge is 2.14. The van der Waals surface area contributed by atoms with E-state index in [2.05, 4.69) is 15.8 Å². The minimum atomic E-state index is -1.02. The van der Waals surface area contributed by atoms with Crippen molar-refractivity contribution >= 4 is 58.5 Å². The number of carbonyl (C=O) groups is 2. The number of anilines is 1. The summed E-state index contributed by atoms with van der Waals surface area (Å²) in [7, 11) is 0. The molecule has 2 N–H and O–H groups in total. The normalized spacial score (nSPS) is 10.8. The van der Waals surface area contributed by atoms with E-state index in [9.17, 15) is 14.0 Å². The van der Waals surface area contributed by atoms with Crippen LogP contribution in [0.1, 0.15) is 18.1 Å². The molecule has 0 unspecified atom stereocenters. The number of amides is 2. The van der Waals surface area contributed by atoms with Gasteiger partial charge in [-0.25, -0.2) is 9.82 Å². The molecule has 0 radical (unpaired) electrons. The number of halogens is 4. The van der Waals surface area contributed by atoms with Crippen molar-refractivity contribution in [3.05, 3.63) is 86.6 Å². The standard InChI is InChI=1S/C24H19Cl3FN3O4/c1-2-34-22-9-14(3-8-21(22)35-13-15-4-5-16(25)10-18(15)26)12-29-31-24(33)23(32)30-17-6-7-20(28)19(27)11-17/h3-12H,2,13H2,1H3,(H,30,32)(H,31,33). The van der Waals surface area contributed by atoms with Gasteiger partial charge in [0.2, 0.25) is 0 Å². The van der Waals surface area contributed by atoms with Crippen molar-refractivity contribution in [2.75, 3.05) is 11.9 Å². The maximum Gasteiger partial charge on any atom is 0.329 e. The summed E-state index contributed by atoms with van der Waals surface area (Å²) < 4.78 is 24.7. The number of ether oxygens (including phenoxy) is 2. The highest BCUT2D eigenvalue weighted by Crippen LogP contribution is 2.30. The number of hydrogen-bond donors (Lipinski definition) is 2. The van der Waals surface area contributed by atoms with Gasteiger partial charge in [0.1, 0.15) is 12.4 Å². The van der Waals surface area contributed by atoms with Gasteiger partial charge in [0, 0.05) is 21.3 Å². The fourth-order valence-corrected chi connectivity index (χ4v) is 3.41. The van der Waals surface area contributed by atoms with Gasteiger partial charge in [-0.1, -0.05) is 40.9 Å². The molecule has 3 aromatic rings. The van der Waals surface area contributed by atoms with Crippen LogP contribution in [0, 0.1) is 5.82 Å². The Balaban J connectivity index is 1.61. The van der Waals surface area contributed by atoms with Crippen molar-refractivity contribution in [1.82, 2.24) is 5.43 Å². The Bertz CT molecular complexity index is 1270. The Kier molecular flexibility index (Phi) is 9.31. The van der Waals surface area contributed by atoms with E-state index in [4.69, 9.17) is 44.3 Å². The van der Waals surface area contributed by atoms with Crippen LogP contribution < -0.4 is 20.2 Å². The summed E-state index contributed by atoms with van der Waals surface area (Å²) in [6.07, 6.45) is 1.34. The molecule has 0 heterocycles. The molecule has 0 fully saturated rings. The highest BCUT2D eigenvalue weighted by atomic mass is 35.5. The van der Waals surface area contributed by atoms with E-state index in [1.807, 2.05) is 6.92 Å². The number of benzene rings is 3. The smallest absolute Gasteiger partial charge is 0.329 e. The van der Waals surface area contributed by atoms with Crippen LogP contribution >= 0.6 is 34.8 Å². The second kappa shape index (κ2) is 12.4. The summed E-state index contributed by atoms with van der Waals surface area (Å²) in [4.78, 5) is 24.0. The molecule has 182 valence electrons. The molecule has 2 amide bonds. The van der Waals surface area contributed by atoms with Gasteiger partial charge < -0.3 is 14.8 Å². The molecule has 0 saturated heterocycles. The van der Waals surface area contributed by atoms with Crippen LogP contribution in [-0.4, -0.2) is 24.6 Å². The number of hydrogen-bond acceptors (Lipinski definition) is 5. The van der Waals surface area contributed by atoms with Gasteiger partial charge in [-0.3, -0.25) is 9.59 Å². The van der Waals surface area contributed by atoms with Crippen LogP contribution in [0.2, 0.25) is 15.1 Å². The predicted octanol–water partition coefficient (Wildman–Crippen LogP) is 5.85. The molecule has 0 saturated carbocycles. The summed E-state index contributed by atoms with van der Waals surface area (Å²) >= 11 is 17.8. The molecule has 7 nitrogen and oxygen atoms in total. The lowest BCUT2D eigenvalue weighted by atomic mass is 10.2. The van der Waals surface area contributed by atoms with E-state index in [1.54, 1.807) is 36.4 Å². The average Bonchev–Trinajstić information content (AvgIpc) is 2.82. The van der Waals surface area contributed by atoms with Gasteiger partial charge >= 0.3 is 11.8 Å². The fraction of sp³-hybridized carbons (Fsp3) is 0.125. The number of nitrogens with zero attached hydrogens (tertiary/aromatic N) is 1.